The van der Waals surface area contributed by atoms with Gasteiger partial charge in [0.2, 0.25) is 0 Å². The van der Waals surface area contributed by atoms with Crippen LogP contribution in [0.4, 0.5) is 0 Å². The Labute approximate surface area is 83.3 Å². The molecule has 1 unspecified atom stereocenters. The highest BCUT2D eigenvalue weighted by Gasteiger charge is 2.19. The van der Waals surface area contributed by atoms with Gasteiger partial charge in [-0.25, -0.2) is 9.45 Å². The lowest BCUT2D eigenvalue weighted by Gasteiger charge is -2.13. The van der Waals surface area contributed by atoms with Crippen LogP contribution in [0.25, 0.3) is 0 Å². The van der Waals surface area contributed by atoms with Crippen molar-refractivity contribution in [1.29, 1.82) is 0 Å². The van der Waals surface area contributed by atoms with Crippen molar-refractivity contribution in [2.45, 2.75) is 6.92 Å². The molecule has 0 bridgehead atoms. The number of rotatable bonds is 5. The third-order valence-corrected chi connectivity index (χ3v) is 2.24. The molecule has 0 heterocycles. The highest BCUT2D eigenvalue weighted by molar-refractivity contribution is 7.53. The predicted octanol–water partition coefficient (Wildman–Crippen LogP) is 2.86. The SMILES string of the molecule is CCOOP(C)(=O)Oc1ccccc1. The van der Waals surface area contributed by atoms with Crippen molar-refractivity contribution in [3.8, 4) is 5.75 Å². The number of benzene rings is 1. The van der Waals surface area contributed by atoms with Gasteiger partial charge in [-0.05, 0) is 19.1 Å². The normalized spacial score (nSPS) is 14.7. The summed E-state index contributed by atoms with van der Waals surface area (Å²) in [5.74, 6) is 0.498. The van der Waals surface area contributed by atoms with E-state index in [1.807, 2.05) is 6.07 Å². The molecule has 0 aromatic heterocycles. The van der Waals surface area contributed by atoms with Crippen LogP contribution < -0.4 is 4.52 Å². The van der Waals surface area contributed by atoms with E-state index in [1.165, 1.54) is 6.66 Å². The molecule has 0 aliphatic carbocycles. The third-order valence-electron chi connectivity index (χ3n) is 1.32. The summed E-state index contributed by atoms with van der Waals surface area (Å²) in [6, 6.07) is 8.82. The fourth-order valence-electron chi connectivity index (χ4n) is 0.836. The maximum atomic E-state index is 11.6. The monoisotopic (exact) mass is 216 g/mol. The van der Waals surface area contributed by atoms with Gasteiger partial charge in [0.25, 0.3) is 0 Å². The summed E-state index contributed by atoms with van der Waals surface area (Å²) in [7, 11) is -3.15. The molecule has 0 radical (unpaired) electrons. The average Bonchev–Trinajstić information content (AvgIpc) is 2.16. The average molecular weight is 216 g/mol. The number of hydrogen-bond acceptors (Lipinski definition) is 4. The van der Waals surface area contributed by atoms with E-state index >= 15 is 0 Å². The molecule has 1 aromatic rings. The van der Waals surface area contributed by atoms with Crippen LogP contribution in [0, 0.1) is 0 Å². The first-order valence-electron chi connectivity index (χ1n) is 4.27. The topological polar surface area (TPSA) is 44.8 Å². The van der Waals surface area contributed by atoms with Gasteiger partial charge >= 0.3 is 7.60 Å². The standard InChI is InChI=1S/C9H13O4P/c1-3-11-13-14(2,10)12-9-7-5-4-6-8-9/h4-8H,3H2,1-2H3. The minimum Gasteiger partial charge on any atom is -0.423 e. The van der Waals surface area contributed by atoms with E-state index in [1.54, 1.807) is 31.2 Å². The molecule has 0 aliphatic rings. The molecule has 0 N–H and O–H groups in total. The van der Waals surface area contributed by atoms with Crippen LogP contribution >= 0.6 is 7.60 Å². The van der Waals surface area contributed by atoms with Gasteiger partial charge < -0.3 is 4.52 Å². The van der Waals surface area contributed by atoms with E-state index in [4.69, 9.17) is 4.52 Å². The molecule has 0 amide bonds. The van der Waals surface area contributed by atoms with Gasteiger partial charge in [0.15, 0.2) is 0 Å². The molecular weight excluding hydrogens is 203 g/mol. The predicted molar refractivity (Wildman–Crippen MR) is 53.3 cm³/mol. The fraction of sp³-hybridized carbons (Fsp3) is 0.333. The van der Waals surface area contributed by atoms with E-state index in [0.29, 0.717) is 12.4 Å². The van der Waals surface area contributed by atoms with Gasteiger partial charge in [-0.1, -0.05) is 18.2 Å². The molecule has 1 rings (SSSR count). The highest BCUT2D eigenvalue weighted by Crippen LogP contribution is 2.44. The van der Waals surface area contributed by atoms with Crippen LogP contribution in [-0.4, -0.2) is 13.3 Å². The van der Waals surface area contributed by atoms with Gasteiger partial charge in [-0.3, -0.25) is 0 Å². The maximum Gasteiger partial charge on any atom is 0.402 e. The van der Waals surface area contributed by atoms with Gasteiger partial charge in [0, 0.05) is 0 Å². The van der Waals surface area contributed by atoms with Gasteiger partial charge in [-0.15, -0.1) is 4.67 Å². The lowest BCUT2D eigenvalue weighted by atomic mass is 10.3. The van der Waals surface area contributed by atoms with Crippen LogP contribution in [0.15, 0.2) is 30.3 Å². The molecule has 0 spiro atoms. The number of para-hydroxylation sites is 1. The first kappa shape index (κ1) is 11.2. The Kier molecular flexibility index (Phi) is 4.14. The van der Waals surface area contributed by atoms with Gasteiger partial charge in [0.1, 0.15) is 5.75 Å². The first-order chi connectivity index (χ1) is 6.64. The molecule has 78 valence electrons. The molecule has 1 aromatic carbocycles. The third kappa shape index (κ3) is 3.92. The van der Waals surface area contributed by atoms with Crippen molar-refractivity contribution in [2.75, 3.05) is 13.3 Å². The Morgan fingerprint density at radius 3 is 2.50 bits per heavy atom. The zero-order valence-electron chi connectivity index (χ0n) is 8.17. The molecule has 0 fully saturated rings. The summed E-state index contributed by atoms with van der Waals surface area (Å²) < 4.78 is 21.3. The lowest BCUT2D eigenvalue weighted by Crippen LogP contribution is -1.97. The van der Waals surface area contributed by atoms with Crippen LogP contribution in [0.2, 0.25) is 0 Å². The lowest BCUT2D eigenvalue weighted by molar-refractivity contribution is -0.206. The minimum absolute atomic E-state index is 0.329. The molecular formula is C9H13O4P. The molecule has 5 heteroatoms. The van der Waals surface area contributed by atoms with Crippen LogP contribution in [0.5, 0.6) is 5.75 Å². The maximum absolute atomic E-state index is 11.6. The van der Waals surface area contributed by atoms with E-state index in [0.717, 1.165) is 0 Å². The van der Waals surface area contributed by atoms with Crippen LogP contribution in [0.1, 0.15) is 6.92 Å². The van der Waals surface area contributed by atoms with Gasteiger partial charge in [-0.2, -0.15) is 0 Å². The minimum atomic E-state index is -3.15. The largest absolute Gasteiger partial charge is 0.423 e. The van der Waals surface area contributed by atoms with E-state index in [-0.39, 0.29) is 0 Å². The second kappa shape index (κ2) is 5.15. The molecule has 1 atom stereocenters. The van der Waals surface area contributed by atoms with Crippen molar-refractivity contribution in [3.63, 3.8) is 0 Å². The summed E-state index contributed by atoms with van der Waals surface area (Å²) in [6.07, 6.45) is 0. The summed E-state index contributed by atoms with van der Waals surface area (Å²) in [6.45, 7) is 3.42. The van der Waals surface area contributed by atoms with Crippen molar-refractivity contribution in [1.82, 2.24) is 0 Å². The molecule has 14 heavy (non-hydrogen) atoms. The first-order valence-corrected chi connectivity index (χ1v) is 6.26. The molecule has 0 aliphatic heterocycles. The second-order valence-corrected chi connectivity index (χ2v) is 4.53. The molecule has 4 nitrogen and oxygen atoms in total. The molecule has 0 saturated carbocycles. The van der Waals surface area contributed by atoms with Crippen LogP contribution in [0.3, 0.4) is 0 Å². The Balaban J connectivity index is 2.55. The van der Waals surface area contributed by atoms with Crippen molar-refractivity contribution < 1.29 is 18.7 Å². The number of hydrogen-bond donors (Lipinski definition) is 0. The van der Waals surface area contributed by atoms with Crippen molar-refractivity contribution >= 4 is 7.60 Å². The smallest absolute Gasteiger partial charge is 0.402 e. The Morgan fingerprint density at radius 2 is 1.93 bits per heavy atom. The zero-order valence-corrected chi connectivity index (χ0v) is 9.07. The van der Waals surface area contributed by atoms with Crippen molar-refractivity contribution in [3.05, 3.63) is 30.3 Å². The summed E-state index contributed by atoms with van der Waals surface area (Å²) >= 11 is 0. The molecule has 0 saturated heterocycles. The second-order valence-electron chi connectivity index (χ2n) is 2.66. The Morgan fingerprint density at radius 1 is 1.29 bits per heavy atom. The summed E-state index contributed by atoms with van der Waals surface area (Å²) in [5.41, 5.74) is 0. The van der Waals surface area contributed by atoms with Gasteiger partial charge in [0.05, 0.1) is 13.3 Å². The summed E-state index contributed by atoms with van der Waals surface area (Å²) in [5, 5.41) is 0. The van der Waals surface area contributed by atoms with E-state index in [9.17, 15) is 4.57 Å². The quantitative estimate of drug-likeness (QED) is 0.431. The van der Waals surface area contributed by atoms with E-state index < -0.39 is 7.60 Å². The van der Waals surface area contributed by atoms with Crippen molar-refractivity contribution in [2.24, 2.45) is 0 Å². The fourth-order valence-corrected chi connectivity index (χ4v) is 1.67. The Hall–Kier alpha value is -0.830. The Bertz CT molecular complexity index is 312. The highest BCUT2D eigenvalue weighted by atomic mass is 31.2. The van der Waals surface area contributed by atoms with E-state index in [2.05, 4.69) is 9.56 Å². The zero-order chi connectivity index (χ0) is 10.4. The summed E-state index contributed by atoms with van der Waals surface area (Å²) in [4.78, 5) is 4.58. The van der Waals surface area contributed by atoms with Crippen LogP contribution in [-0.2, 0) is 14.1 Å².